The van der Waals surface area contributed by atoms with Crippen molar-refractivity contribution in [2.45, 2.75) is 52.9 Å². The molecule has 2 saturated heterocycles. The van der Waals surface area contributed by atoms with Crippen LogP contribution in [0.2, 0.25) is 0 Å². The zero-order valence-corrected chi connectivity index (χ0v) is 17.9. The Hall–Kier alpha value is -1.30. The van der Waals surface area contributed by atoms with Crippen LogP contribution in [0.4, 0.5) is 0 Å². The number of nitrogens with zero attached hydrogens (tertiary/aromatic N) is 3. The van der Waals surface area contributed by atoms with E-state index in [4.69, 9.17) is 4.74 Å². The highest BCUT2D eigenvalue weighted by Gasteiger charge is 2.28. The fraction of sp³-hybridized carbons (Fsp3) is 0.905. The van der Waals surface area contributed by atoms with E-state index < -0.39 is 0 Å². The summed E-state index contributed by atoms with van der Waals surface area (Å²) in [5.41, 5.74) is 0. The quantitative estimate of drug-likeness (QED) is 0.318. The maximum Gasteiger partial charge on any atom is 0.310 e. The molecule has 6 nitrogen and oxygen atoms in total. The highest BCUT2D eigenvalue weighted by Crippen LogP contribution is 2.21. The summed E-state index contributed by atoms with van der Waals surface area (Å²) < 4.78 is 5.20. The molecule has 0 aromatic carbocycles. The Morgan fingerprint density at radius 3 is 2.59 bits per heavy atom. The molecule has 0 amide bonds. The van der Waals surface area contributed by atoms with Crippen LogP contribution in [-0.2, 0) is 9.53 Å². The fourth-order valence-corrected chi connectivity index (χ4v) is 4.59. The second kappa shape index (κ2) is 11.5. The molecule has 2 fully saturated rings. The van der Waals surface area contributed by atoms with Crippen molar-refractivity contribution in [3.63, 3.8) is 0 Å². The summed E-state index contributed by atoms with van der Waals surface area (Å²) in [6.07, 6.45) is 5.66. The van der Waals surface area contributed by atoms with Gasteiger partial charge in [-0.2, -0.15) is 0 Å². The van der Waals surface area contributed by atoms with Gasteiger partial charge in [-0.05, 0) is 57.4 Å². The average Bonchev–Trinajstić information content (AvgIpc) is 2.64. The van der Waals surface area contributed by atoms with Gasteiger partial charge in [0.05, 0.1) is 12.5 Å². The Balaban J connectivity index is 1.67. The third kappa shape index (κ3) is 7.32. The lowest BCUT2D eigenvalue weighted by atomic mass is 9.92. The summed E-state index contributed by atoms with van der Waals surface area (Å²) in [4.78, 5) is 21.3. The van der Waals surface area contributed by atoms with Gasteiger partial charge < -0.3 is 19.9 Å². The van der Waals surface area contributed by atoms with Gasteiger partial charge >= 0.3 is 5.97 Å². The molecule has 2 heterocycles. The predicted octanol–water partition coefficient (Wildman–Crippen LogP) is 2.60. The topological polar surface area (TPSA) is 57.2 Å². The highest BCUT2D eigenvalue weighted by molar-refractivity contribution is 5.81. The van der Waals surface area contributed by atoms with Crippen molar-refractivity contribution in [2.75, 3.05) is 52.9 Å². The number of unbranched alkanes of at least 4 members (excludes halogenated alkanes) is 1. The number of carbonyl (C=O) groups is 1. The minimum atomic E-state index is -0.0670. The molecule has 0 aliphatic carbocycles. The van der Waals surface area contributed by atoms with E-state index in [2.05, 4.69) is 34.0 Å². The van der Waals surface area contributed by atoms with Crippen LogP contribution in [-0.4, -0.2) is 74.7 Å². The number of hydrogen-bond acceptors (Lipinski definition) is 4. The molecule has 0 aromatic heterocycles. The molecule has 1 N–H and O–H groups in total. The number of carbonyl (C=O) groups excluding carboxylic acids is 1. The van der Waals surface area contributed by atoms with Gasteiger partial charge in [-0.3, -0.25) is 9.79 Å². The number of guanidine groups is 1. The molecule has 0 bridgehead atoms. The summed E-state index contributed by atoms with van der Waals surface area (Å²) in [5, 5.41) is 3.49. The van der Waals surface area contributed by atoms with Gasteiger partial charge in [0.1, 0.15) is 0 Å². The number of piperidine rings is 2. The molecule has 0 radical (unpaired) electrons. The molecule has 2 rings (SSSR count). The van der Waals surface area contributed by atoms with Crippen LogP contribution in [0.25, 0.3) is 0 Å². The van der Waals surface area contributed by atoms with E-state index in [0.717, 1.165) is 50.1 Å². The van der Waals surface area contributed by atoms with E-state index in [9.17, 15) is 4.79 Å². The predicted molar refractivity (Wildman–Crippen MR) is 111 cm³/mol. The zero-order chi connectivity index (χ0) is 19.6. The number of hydrogen-bond donors (Lipinski definition) is 1. The largest absolute Gasteiger partial charge is 0.466 e. The lowest BCUT2D eigenvalue weighted by molar-refractivity contribution is -0.149. The highest BCUT2D eigenvalue weighted by atomic mass is 16.5. The van der Waals surface area contributed by atoms with Gasteiger partial charge in [0.25, 0.3) is 0 Å². The van der Waals surface area contributed by atoms with Crippen LogP contribution in [0.5, 0.6) is 0 Å². The molecule has 2 aliphatic rings. The lowest BCUT2D eigenvalue weighted by Crippen LogP contribution is -2.48. The Morgan fingerprint density at radius 2 is 1.93 bits per heavy atom. The van der Waals surface area contributed by atoms with E-state index in [-0.39, 0.29) is 11.9 Å². The number of esters is 1. The maximum absolute atomic E-state index is 12.0. The summed E-state index contributed by atoms with van der Waals surface area (Å²) in [5.74, 6) is 2.49. The van der Waals surface area contributed by atoms with E-state index in [1.807, 2.05) is 14.0 Å². The van der Waals surface area contributed by atoms with Crippen LogP contribution in [0.15, 0.2) is 4.99 Å². The van der Waals surface area contributed by atoms with Crippen LogP contribution in [0, 0.1) is 17.8 Å². The minimum absolute atomic E-state index is 0.0275. The van der Waals surface area contributed by atoms with Gasteiger partial charge in [0, 0.05) is 39.8 Å². The summed E-state index contributed by atoms with van der Waals surface area (Å²) >= 11 is 0. The monoisotopic (exact) mass is 380 g/mol. The summed E-state index contributed by atoms with van der Waals surface area (Å²) in [7, 11) is 1.83. The molecule has 2 aliphatic heterocycles. The normalized spacial score (nSPS) is 27.5. The van der Waals surface area contributed by atoms with E-state index in [0.29, 0.717) is 13.2 Å². The van der Waals surface area contributed by atoms with Crippen molar-refractivity contribution in [3.05, 3.63) is 0 Å². The van der Waals surface area contributed by atoms with Crippen molar-refractivity contribution in [1.82, 2.24) is 15.1 Å². The number of nitrogens with one attached hydrogen (secondary N) is 1. The van der Waals surface area contributed by atoms with Gasteiger partial charge in [-0.15, -0.1) is 0 Å². The Morgan fingerprint density at radius 1 is 1.19 bits per heavy atom. The number of aliphatic imine (C=N–C) groups is 1. The number of likely N-dealkylation sites (tertiary alicyclic amines) is 2. The molecule has 156 valence electrons. The smallest absolute Gasteiger partial charge is 0.310 e. The second-order valence-electron chi connectivity index (χ2n) is 8.42. The van der Waals surface area contributed by atoms with Crippen LogP contribution < -0.4 is 5.32 Å². The van der Waals surface area contributed by atoms with Crippen LogP contribution in [0.1, 0.15) is 52.9 Å². The van der Waals surface area contributed by atoms with Gasteiger partial charge in [0.2, 0.25) is 0 Å². The third-order valence-electron chi connectivity index (χ3n) is 5.68. The first kappa shape index (κ1) is 22.0. The minimum Gasteiger partial charge on any atom is -0.466 e. The van der Waals surface area contributed by atoms with Crippen molar-refractivity contribution in [2.24, 2.45) is 22.7 Å². The molecule has 3 unspecified atom stereocenters. The average molecular weight is 381 g/mol. The van der Waals surface area contributed by atoms with Gasteiger partial charge in [-0.1, -0.05) is 13.8 Å². The number of ether oxygens (including phenoxy) is 1. The van der Waals surface area contributed by atoms with Crippen molar-refractivity contribution >= 4 is 11.9 Å². The van der Waals surface area contributed by atoms with E-state index in [1.165, 1.54) is 32.5 Å². The summed E-state index contributed by atoms with van der Waals surface area (Å²) in [6, 6.07) is 0. The molecular formula is C21H40N4O2. The third-order valence-corrected chi connectivity index (χ3v) is 5.68. The van der Waals surface area contributed by atoms with Crippen LogP contribution >= 0.6 is 0 Å². The van der Waals surface area contributed by atoms with E-state index >= 15 is 0 Å². The molecule has 0 aromatic rings. The molecule has 6 heteroatoms. The molecule has 27 heavy (non-hydrogen) atoms. The first-order chi connectivity index (χ1) is 13.0. The van der Waals surface area contributed by atoms with E-state index in [1.54, 1.807) is 0 Å². The molecule has 0 saturated carbocycles. The Labute approximate surface area is 165 Å². The second-order valence-corrected chi connectivity index (χ2v) is 8.42. The molecular weight excluding hydrogens is 340 g/mol. The van der Waals surface area contributed by atoms with Gasteiger partial charge in [-0.25, -0.2) is 0 Å². The van der Waals surface area contributed by atoms with Crippen LogP contribution in [0.3, 0.4) is 0 Å². The zero-order valence-electron chi connectivity index (χ0n) is 17.9. The maximum atomic E-state index is 12.0. The first-order valence-corrected chi connectivity index (χ1v) is 10.9. The SMILES string of the molecule is CCOC(=O)C1CCCN(C(=NC)NCCCCN2CC(C)CC(C)C2)C1. The molecule has 0 spiro atoms. The molecule has 3 atom stereocenters. The summed E-state index contributed by atoms with van der Waals surface area (Å²) in [6.45, 7) is 13.4. The first-order valence-electron chi connectivity index (χ1n) is 10.9. The van der Waals surface area contributed by atoms with Crippen molar-refractivity contribution in [3.8, 4) is 0 Å². The van der Waals surface area contributed by atoms with Crippen molar-refractivity contribution < 1.29 is 9.53 Å². The van der Waals surface area contributed by atoms with Crippen molar-refractivity contribution in [1.29, 1.82) is 0 Å². The Kier molecular flexibility index (Phi) is 9.39. The number of rotatable bonds is 7. The Bertz CT molecular complexity index is 473. The standard InChI is InChI=1S/C21H40N4O2/c1-5-27-20(26)19-9-8-12-25(16-19)21(22-4)23-10-6-7-11-24-14-17(2)13-18(3)15-24/h17-19H,5-16H2,1-4H3,(H,22,23). The lowest BCUT2D eigenvalue weighted by Gasteiger charge is -2.35. The fourth-order valence-electron chi connectivity index (χ4n) is 4.59. The van der Waals surface area contributed by atoms with Gasteiger partial charge in [0.15, 0.2) is 5.96 Å².